The van der Waals surface area contributed by atoms with E-state index in [1.54, 1.807) is 18.2 Å². The smallest absolute Gasteiger partial charge is 0.264 e. The van der Waals surface area contributed by atoms with Gasteiger partial charge in [0.15, 0.2) is 11.5 Å². The minimum atomic E-state index is -1.20. The van der Waals surface area contributed by atoms with Gasteiger partial charge >= 0.3 is 0 Å². The summed E-state index contributed by atoms with van der Waals surface area (Å²) in [7, 11) is 0. The van der Waals surface area contributed by atoms with Crippen LogP contribution in [0.25, 0.3) is 0 Å². The number of carbonyl (C=O) groups is 3. The van der Waals surface area contributed by atoms with Crippen molar-refractivity contribution in [2.24, 2.45) is 0 Å². The molecule has 3 aromatic carbocycles. The lowest BCUT2D eigenvalue weighted by atomic mass is 9.82. The van der Waals surface area contributed by atoms with Crippen LogP contribution in [-0.2, 0) is 21.7 Å². The number of carbonyl (C=O) groups excluding carboxylic acids is 3. The number of hydrogen-bond donors (Lipinski definition) is 3. The number of hydrogen-bond acceptors (Lipinski definition) is 4. The molecule has 0 spiro atoms. The number of nitrogens with zero attached hydrogens (tertiary/aromatic N) is 2. The van der Waals surface area contributed by atoms with Crippen LogP contribution < -0.4 is 10.6 Å². The highest BCUT2D eigenvalue weighted by molar-refractivity contribution is 6.10. The minimum absolute atomic E-state index is 0.00835. The summed E-state index contributed by atoms with van der Waals surface area (Å²) in [6.07, 6.45) is 2.22. The van der Waals surface area contributed by atoms with E-state index < -0.39 is 5.54 Å². The summed E-state index contributed by atoms with van der Waals surface area (Å²) in [5.74, 6) is -0.257. The van der Waals surface area contributed by atoms with Crippen molar-refractivity contribution < 1.29 is 14.4 Å². The Hall–Kier alpha value is -4.46. The number of nitrogens with one attached hydrogen (secondary N) is 3. The average molecular weight is 510 g/mol. The van der Waals surface area contributed by atoms with E-state index in [2.05, 4.69) is 10.6 Å². The van der Waals surface area contributed by atoms with Gasteiger partial charge in [-0.3, -0.25) is 24.7 Å². The molecular weight excluding hydrogens is 478 g/mol. The van der Waals surface area contributed by atoms with E-state index in [4.69, 9.17) is 5.41 Å². The standard InChI is InChI=1S/C30H31N5O3/c31-29-33-30(24-12-3-1-4-13-24,25-14-5-2-6-15-25)28(38)35(29)21-22-10-7-11-23(20-22)27(37)32-17-9-19-34-18-8-16-26(34)36/h1-7,10-15,20H,8-9,16-19,21H2,(H2,31,33)(H,32,37). The van der Waals surface area contributed by atoms with Gasteiger partial charge in [0.25, 0.3) is 11.8 Å². The minimum Gasteiger partial charge on any atom is -0.352 e. The second kappa shape index (κ2) is 10.9. The summed E-state index contributed by atoms with van der Waals surface area (Å²) in [6.45, 7) is 2.08. The van der Waals surface area contributed by atoms with Gasteiger partial charge in [0.2, 0.25) is 5.91 Å². The molecule has 3 aromatic rings. The van der Waals surface area contributed by atoms with Crippen LogP contribution in [0, 0.1) is 5.41 Å². The molecule has 0 bridgehead atoms. The van der Waals surface area contributed by atoms with Gasteiger partial charge in [-0.15, -0.1) is 0 Å². The number of rotatable bonds is 9. The molecule has 2 fully saturated rings. The van der Waals surface area contributed by atoms with E-state index in [1.807, 2.05) is 71.6 Å². The predicted octanol–water partition coefficient (Wildman–Crippen LogP) is 3.24. The lowest BCUT2D eigenvalue weighted by Gasteiger charge is -2.28. The summed E-state index contributed by atoms with van der Waals surface area (Å²) in [5.41, 5.74) is 1.55. The molecule has 3 N–H and O–H groups in total. The van der Waals surface area contributed by atoms with Crippen LogP contribution in [0.4, 0.5) is 0 Å². The van der Waals surface area contributed by atoms with Gasteiger partial charge in [-0.05, 0) is 41.7 Å². The molecule has 2 heterocycles. The third-order valence-electron chi connectivity index (χ3n) is 7.15. The molecule has 38 heavy (non-hydrogen) atoms. The highest BCUT2D eigenvalue weighted by Gasteiger charge is 2.52. The molecule has 0 unspecified atom stereocenters. The van der Waals surface area contributed by atoms with E-state index in [1.165, 1.54) is 4.90 Å². The summed E-state index contributed by atoms with van der Waals surface area (Å²) in [6, 6.07) is 26.0. The normalized spacial score (nSPS) is 16.6. The molecule has 0 saturated carbocycles. The van der Waals surface area contributed by atoms with E-state index in [-0.39, 0.29) is 30.2 Å². The first-order chi connectivity index (χ1) is 18.5. The zero-order valence-corrected chi connectivity index (χ0v) is 21.2. The molecule has 3 amide bonds. The van der Waals surface area contributed by atoms with E-state index in [0.717, 1.165) is 29.7 Å². The lowest BCUT2D eigenvalue weighted by Crippen LogP contribution is -2.45. The van der Waals surface area contributed by atoms with Crippen molar-refractivity contribution in [2.75, 3.05) is 19.6 Å². The molecule has 0 aliphatic carbocycles. The van der Waals surface area contributed by atoms with Crippen molar-refractivity contribution in [3.05, 3.63) is 107 Å². The quantitative estimate of drug-likeness (QED) is 0.385. The maximum Gasteiger partial charge on any atom is 0.264 e. The van der Waals surface area contributed by atoms with Crippen molar-refractivity contribution in [1.29, 1.82) is 5.41 Å². The fraction of sp³-hybridized carbons (Fsp3) is 0.267. The molecule has 8 nitrogen and oxygen atoms in total. The molecule has 194 valence electrons. The number of benzene rings is 3. The van der Waals surface area contributed by atoms with Crippen LogP contribution in [0.2, 0.25) is 0 Å². The Morgan fingerprint density at radius 1 is 0.947 bits per heavy atom. The fourth-order valence-corrected chi connectivity index (χ4v) is 5.20. The predicted molar refractivity (Wildman–Crippen MR) is 144 cm³/mol. The van der Waals surface area contributed by atoms with Crippen LogP contribution in [-0.4, -0.2) is 53.1 Å². The maximum absolute atomic E-state index is 14.0. The largest absolute Gasteiger partial charge is 0.352 e. The third-order valence-corrected chi connectivity index (χ3v) is 7.15. The zero-order valence-electron chi connectivity index (χ0n) is 21.2. The Balaban J connectivity index is 1.29. The van der Waals surface area contributed by atoms with Gasteiger partial charge in [-0.2, -0.15) is 0 Å². The summed E-state index contributed by atoms with van der Waals surface area (Å²) < 4.78 is 0. The maximum atomic E-state index is 14.0. The monoisotopic (exact) mass is 509 g/mol. The van der Waals surface area contributed by atoms with Crippen molar-refractivity contribution in [3.63, 3.8) is 0 Å². The van der Waals surface area contributed by atoms with Crippen LogP contribution >= 0.6 is 0 Å². The molecule has 2 saturated heterocycles. The van der Waals surface area contributed by atoms with Gasteiger partial charge < -0.3 is 15.5 Å². The van der Waals surface area contributed by atoms with Gasteiger partial charge in [-0.25, -0.2) is 0 Å². The Bertz CT molecular complexity index is 1300. The van der Waals surface area contributed by atoms with E-state index in [0.29, 0.717) is 31.5 Å². The molecule has 2 aliphatic heterocycles. The highest BCUT2D eigenvalue weighted by atomic mass is 16.2. The van der Waals surface area contributed by atoms with Crippen LogP contribution in [0.15, 0.2) is 84.9 Å². The van der Waals surface area contributed by atoms with Crippen LogP contribution in [0.5, 0.6) is 0 Å². The van der Waals surface area contributed by atoms with E-state index in [9.17, 15) is 14.4 Å². The van der Waals surface area contributed by atoms with Gasteiger partial charge in [-0.1, -0.05) is 72.8 Å². The molecule has 5 rings (SSSR count). The first kappa shape index (κ1) is 25.2. The van der Waals surface area contributed by atoms with Crippen LogP contribution in [0.3, 0.4) is 0 Å². The molecule has 0 aromatic heterocycles. The molecule has 0 atom stereocenters. The first-order valence-corrected chi connectivity index (χ1v) is 12.9. The van der Waals surface area contributed by atoms with E-state index >= 15 is 0 Å². The Labute approximate surface area is 222 Å². The Kier molecular flexibility index (Phi) is 7.22. The highest BCUT2D eigenvalue weighted by Crippen LogP contribution is 2.36. The lowest BCUT2D eigenvalue weighted by molar-refractivity contribution is -0.130. The second-order valence-corrected chi connectivity index (χ2v) is 9.64. The second-order valence-electron chi connectivity index (χ2n) is 9.64. The topological polar surface area (TPSA) is 106 Å². The van der Waals surface area contributed by atoms with Crippen molar-refractivity contribution in [2.45, 2.75) is 31.3 Å². The average Bonchev–Trinajstić information content (AvgIpc) is 3.48. The van der Waals surface area contributed by atoms with Gasteiger partial charge in [0.1, 0.15) is 0 Å². The zero-order chi connectivity index (χ0) is 26.5. The summed E-state index contributed by atoms with van der Waals surface area (Å²) in [4.78, 5) is 41.8. The fourth-order valence-electron chi connectivity index (χ4n) is 5.20. The first-order valence-electron chi connectivity index (χ1n) is 12.9. The van der Waals surface area contributed by atoms with Crippen molar-refractivity contribution in [1.82, 2.24) is 20.4 Å². The summed E-state index contributed by atoms with van der Waals surface area (Å²) in [5, 5.41) is 14.8. The Morgan fingerprint density at radius 3 is 2.26 bits per heavy atom. The summed E-state index contributed by atoms with van der Waals surface area (Å²) >= 11 is 0. The van der Waals surface area contributed by atoms with Gasteiger partial charge in [0.05, 0.1) is 6.54 Å². The number of likely N-dealkylation sites (tertiary alicyclic amines) is 1. The molecule has 8 heteroatoms. The third kappa shape index (κ3) is 4.89. The van der Waals surface area contributed by atoms with Crippen LogP contribution in [0.1, 0.15) is 46.3 Å². The SMILES string of the molecule is N=C1NC(c2ccccc2)(c2ccccc2)C(=O)N1Cc1cccc(C(=O)NCCCN2CCCC2=O)c1. The number of guanidine groups is 1. The van der Waals surface area contributed by atoms with Gasteiger partial charge in [0, 0.05) is 31.6 Å². The molecular formula is C30H31N5O3. The molecule has 0 radical (unpaired) electrons. The number of amides is 3. The molecule has 2 aliphatic rings. The Morgan fingerprint density at radius 2 is 1.63 bits per heavy atom. The van der Waals surface area contributed by atoms with Crippen molar-refractivity contribution >= 4 is 23.7 Å². The van der Waals surface area contributed by atoms with Crippen molar-refractivity contribution in [3.8, 4) is 0 Å².